The molecule has 1 aliphatic rings. The smallest absolute Gasteiger partial charge is 0.156 e. The van der Waals surface area contributed by atoms with Gasteiger partial charge in [0.15, 0.2) is 5.78 Å². The number of aliphatic hydroxyl groups excluding tert-OH is 1. The SMILES string of the molecule is O=C1C=CC(=CC=C(O)c2ccc(O)cc2O)CC1. The van der Waals surface area contributed by atoms with E-state index in [1.54, 1.807) is 12.2 Å². The minimum absolute atomic E-state index is 0.0684. The van der Waals surface area contributed by atoms with E-state index >= 15 is 0 Å². The van der Waals surface area contributed by atoms with Crippen LogP contribution in [0.2, 0.25) is 0 Å². The van der Waals surface area contributed by atoms with Gasteiger partial charge in [0, 0.05) is 12.5 Å². The Bertz CT molecular complexity index is 594. The van der Waals surface area contributed by atoms with Crippen molar-refractivity contribution in [3.05, 3.63) is 53.6 Å². The fourth-order valence-electron chi connectivity index (χ4n) is 1.79. The molecular formula is C15H14O4. The number of aliphatic hydroxyl groups is 1. The highest BCUT2D eigenvalue weighted by atomic mass is 16.3. The van der Waals surface area contributed by atoms with Gasteiger partial charge in [-0.1, -0.05) is 12.2 Å². The first-order chi connectivity index (χ1) is 9.06. The Morgan fingerprint density at radius 3 is 2.58 bits per heavy atom. The molecule has 19 heavy (non-hydrogen) atoms. The second-order valence-electron chi connectivity index (χ2n) is 4.29. The van der Waals surface area contributed by atoms with Crippen LogP contribution in [0.5, 0.6) is 11.5 Å². The number of carbonyl (C=O) groups is 1. The zero-order valence-electron chi connectivity index (χ0n) is 10.2. The third-order valence-electron chi connectivity index (χ3n) is 2.86. The van der Waals surface area contributed by atoms with E-state index in [0.29, 0.717) is 12.8 Å². The molecule has 0 spiro atoms. The number of phenolic OH excluding ortho intramolecular Hbond substituents is 2. The van der Waals surface area contributed by atoms with Crippen molar-refractivity contribution >= 4 is 11.5 Å². The second-order valence-corrected chi connectivity index (χ2v) is 4.29. The van der Waals surface area contributed by atoms with Crippen LogP contribution in [0.25, 0.3) is 5.76 Å². The molecule has 1 aromatic carbocycles. The van der Waals surface area contributed by atoms with Crippen LogP contribution >= 0.6 is 0 Å². The van der Waals surface area contributed by atoms with Crippen molar-refractivity contribution < 1.29 is 20.1 Å². The summed E-state index contributed by atoms with van der Waals surface area (Å²) in [5, 5.41) is 28.6. The predicted molar refractivity (Wildman–Crippen MR) is 71.8 cm³/mol. The quantitative estimate of drug-likeness (QED) is 0.713. The van der Waals surface area contributed by atoms with Gasteiger partial charge in [-0.3, -0.25) is 4.79 Å². The van der Waals surface area contributed by atoms with Crippen molar-refractivity contribution in [2.24, 2.45) is 0 Å². The Kier molecular flexibility index (Phi) is 3.71. The normalized spacial score (nSPS) is 18.0. The molecule has 0 saturated carbocycles. The summed E-state index contributed by atoms with van der Waals surface area (Å²) in [6, 6.07) is 3.96. The summed E-state index contributed by atoms with van der Waals surface area (Å²) in [6.07, 6.45) is 7.50. The average molecular weight is 258 g/mol. The van der Waals surface area contributed by atoms with Gasteiger partial charge in [-0.05, 0) is 36.3 Å². The highest BCUT2D eigenvalue weighted by molar-refractivity contribution is 5.91. The molecule has 4 heteroatoms. The van der Waals surface area contributed by atoms with Crippen molar-refractivity contribution in [2.45, 2.75) is 12.8 Å². The van der Waals surface area contributed by atoms with Crippen LogP contribution < -0.4 is 0 Å². The number of rotatable bonds is 2. The standard InChI is InChI=1S/C15H14O4/c16-11-4-1-10(2-5-11)3-8-14(18)13-7-6-12(17)9-15(13)19/h1,3-4,6-9,17-19H,2,5H2. The summed E-state index contributed by atoms with van der Waals surface area (Å²) in [5.74, 6) is -0.264. The lowest BCUT2D eigenvalue weighted by atomic mass is 10.0. The maximum atomic E-state index is 11.0. The van der Waals surface area contributed by atoms with E-state index < -0.39 is 0 Å². The maximum absolute atomic E-state index is 11.0. The first kappa shape index (κ1) is 13.0. The zero-order valence-corrected chi connectivity index (χ0v) is 10.2. The topological polar surface area (TPSA) is 77.8 Å². The first-order valence-corrected chi connectivity index (χ1v) is 5.89. The van der Waals surface area contributed by atoms with Crippen molar-refractivity contribution in [3.63, 3.8) is 0 Å². The van der Waals surface area contributed by atoms with Crippen LogP contribution in [0.3, 0.4) is 0 Å². The second kappa shape index (κ2) is 5.44. The largest absolute Gasteiger partial charge is 0.508 e. The van der Waals surface area contributed by atoms with Gasteiger partial charge in [0.05, 0.1) is 5.56 Å². The fourth-order valence-corrected chi connectivity index (χ4v) is 1.79. The minimum atomic E-state index is -0.193. The molecule has 0 fully saturated rings. The predicted octanol–water partition coefficient (Wildman–Crippen LogP) is 2.84. The van der Waals surface area contributed by atoms with Crippen LogP contribution in [-0.2, 0) is 4.79 Å². The molecule has 0 aromatic heterocycles. The molecule has 3 N–H and O–H groups in total. The van der Waals surface area contributed by atoms with Crippen LogP contribution in [0.15, 0.2) is 48.1 Å². The van der Waals surface area contributed by atoms with Gasteiger partial charge in [0.2, 0.25) is 0 Å². The van der Waals surface area contributed by atoms with E-state index in [1.165, 1.54) is 24.3 Å². The maximum Gasteiger partial charge on any atom is 0.156 e. The lowest BCUT2D eigenvalue weighted by Crippen LogP contribution is -1.98. The summed E-state index contributed by atoms with van der Waals surface area (Å²) in [6.45, 7) is 0. The summed E-state index contributed by atoms with van der Waals surface area (Å²) < 4.78 is 0. The zero-order chi connectivity index (χ0) is 13.8. The molecule has 1 aliphatic carbocycles. The molecular weight excluding hydrogens is 244 g/mol. The van der Waals surface area contributed by atoms with Crippen LogP contribution in [0.1, 0.15) is 18.4 Å². The summed E-state index contributed by atoms with van der Waals surface area (Å²) in [5.41, 5.74) is 1.18. The number of carbonyl (C=O) groups excluding carboxylic acids is 1. The van der Waals surface area contributed by atoms with Gasteiger partial charge in [-0.2, -0.15) is 0 Å². The number of allylic oxidation sites excluding steroid dienone is 5. The van der Waals surface area contributed by atoms with E-state index in [2.05, 4.69) is 0 Å². The molecule has 0 unspecified atom stereocenters. The van der Waals surface area contributed by atoms with E-state index in [4.69, 9.17) is 5.11 Å². The Hall–Kier alpha value is -2.49. The number of benzene rings is 1. The molecule has 0 radical (unpaired) electrons. The van der Waals surface area contributed by atoms with Gasteiger partial charge < -0.3 is 15.3 Å². The fraction of sp³-hybridized carbons (Fsp3) is 0.133. The minimum Gasteiger partial charge on any atom is -0.508 e. The van der Waals surface area contributed by atoms with Crippen LogP contribution in [0.4, 0.5) is 0 Å². The molecule has 0 bridgehead atoms. The summed E-state index contributed by atoms with van der Waals surface area (Å²) in [7, 11) is 0. The molecule has 1 aromatic rings. The van der Waals surface area contributed by atoms with Gasteiger partial charge in [-0.25, -0.2) is 0 Å². The van der Waals surface area contributed by atoms with E-state index in [0.717, 1.165) is 11.6 Å². The number of ketones is 1. The number of hydrogen-bond acceptors (Lipinski definition) is 4. The van der Waals surface area contributed by atoms with Crippen molar-refractivity contribution in [2.75, 3.05) is 0 Å². The molecule has 0 atom stereocenters. The Morgan fingerprint density at radius 1 is 1.16 bits per heavy atom. The van der Waals surface area contributed by atoms with Gasteiger partial charge in [0.1, 0.15) is 17.3 Å². The number of aromatic hydroxyl groups is 2. The molecule has 0 saturated heterocycles. The third-order valence-corrected chi connectivity index (χ3v) is 2.86. The Labute approximate surface area is 110 Å². The molecule has 98 valence electrons. The molecule has 4 nitrogen and oxygen atoms in total. The average Bonchev–Trinajstić information content (AvgIpc) is 2.37. The molecule has 0 aliphatic heterocycles. The van der Waals surface area contributed by atoms with E-state index in [-0.39, 0.29) is 28.6 Å². The molecule has 0 amide bonds. The van der Waals surface area contributed by atoms with Gasteiger partial charge in [0.25, 0.3) is 0 Å². The first-order valence-electron chi connectivity index (χ1n) is 5.89. The monoisotopic (exact) mass is 258 g/mol. The van der Waals surface area contributed by atoms with Crippen molar-refractivity contribution in [1.82, 2.24) is 0 Å². The molecule has 2 rings (SSSR count). The van der Waals surface area contributed by atoms with Crippen molar-refractivity contribution in [1.29, 1.82) is 0 Å². The van der Waals surface area contributed by atoms with Crippen LogP contribution in [-0.4, -0.2) is 21.1 Å². The third kappa shape index (κ3) is 3.25. The summed E-state index contributed by atoms with van der Waals surface area (Å²) >= 11 is 0. The number of phenols is 2. The van der Waals surface area contributed by atoms with Crippen molar-refractivity contribution in [3.8, 4) is 11.5 Å². The highest BCUT2D eigenvalue weighted by Gasteiger charge is 2.07. The Morgan fingerprint density at radius 2 is 1.95 bits per heavy atom. The molecule has 0 heterocycles. The van der Waals surface area contributed by atoms with Gasteiger partial charge in [-0.15, -0.1) is 0 Å². The van der Waals surface area contributed by atoms with Gasteiger partial charge >= 0.3 is 0 Å². The highest BCUT2D eigenvalue weighted by Crippen LogP contribution is 2.27. The van der Waals surface area contributed by atoms with Crippen LogP contribution in [0, 0.1) is 0 Å². The number of hydrogen-bond donors (Lipinski definition) is 3. The lowest BCUT2D eigenvalue weighted by molar-refractivity contribution is -0.114. The summed E-state index contributed by atoms with van der Waals surface area (Å²) in [4.78, 5) is 11.0. The lowest BCUT2D eigenvalue weighted by Gasteiger charge is -2.06. The van der Waals surface area contributed by atoms with E-state index in [9.17, 15) is 15.0 Å². The van der Waals surface area contributed by atoms with E-state index in [1.807, 2.05) is 0 Å². The Balaban J connectivity index is 2.21.